The first-order valence-corrected chi connectivity index (χ1v) is 7.82. The lowest BCUT2D eigenvalue weighted by Crippen LogP contribution is -2.26. The highest BCUT2D eigenvalue weighted by Crippen LogP contribution is 2.11. The number of rotatable bonds is 7. The van der Waals surface area contributed by atoms with E-state index in [2.05, 4.69) is 37.6 Å². The third-order valence-electron chi connectivity index (χ3n) is 3.37. The van der Waals surface area contributed by atoms with Crippen molar-refractivity contribution < 1.29 is 9.32 Å². The predicted octanol–water partition coefficient (Wildman–Crippen LogP) is 1.78. The van der Waals surface area contributed by atoms with Crippen molar-refractivity contribution in [3.05, 3.63) is 47.7 Å². The number of aromatic nitrogens is 5. The van der Waals surface area contributed by atoms with Gasteiger partial charge in [0.15, 0.2) is 0 Å². The third kappa shape index (κ3) is 3.83. The second kappa shape index (κ2) is 7.49. The summed E-state index contributed by atoms with van der Waals surface area (Å²) in [4.78, 5) is 20.4. The molecule has 3 aromatic rings. The molecule has 0 aliphatic heterocycles. The molecule has 0 unspecified atom stereocenters. The number of carbonyl (C=O) groups is 1. The Morgan fingerprint density at radius 3 is 3.04 bits per heavy atom. The maximum absolute atomic E-state index is 12.0. The van der Waals surface area contributed by atoms with E-state index in [0.717, 1.165) is 18.5 Å². The summed E-state index contributed by atoms with van der Waals surface area (Å²) in [5, 5.41) is 13.5. The third-order valence-corrected chi connectivity index (χ3v) is 3.37. The van der Waals surface area contributed by atoms with Crippen LogP contribution in [0.2, 0.25) is 0 Å². The summed E-state index contributed by atoms with van der Waals surface area (Å²) in [6.07, 6.45) is 3.98. The highest BCUT2D eigenvalue weighted by Gasteiger charge is 2.12. The standard InChI is InChI=1S/C16H18N6O2/c1-2-5-11-10-13(21-20-11)16(23)18-9-7-14-19-15(22-24-14)12-6-3-4-8-17-12/h3-4,6,8,10H,2,5,7,9H2,1H3,(H,18,23)(H,20,21). The molecule has 0 atom stereocenters. The molecule has 0 spiro atoms. The minimum absolute atomic E-state index is 0.224. The van der Waals surface area contributed by atoms with E-state index < -0.39 is 0 Å². The van der Waals surface area contributed by atoms with Gasteiger partial charge in [-0.25, -0.2) is 0 Å². The van der Waals surface area contributed by atoms with Crippen molar-refractivity contribution in [2.24, 2.45) is 0 Å². The molecule has 8 nitrogen and oxygen atoms in total. The maximum atomic E-state index is 12.0. The number of H-pyrrole nitrogens is 1. The Kier molecular flexibility index (Phi) is 4.95. The van der Waals surface area contributed by atoms with E-state index in [4.69, 9.17) is 4.52 Å². The number of nitrogens with zero attached hydrogens (tertiary/aromatic N) is 4. The van der Waals surface area contributed by atoms with E-state index in [0.29, 0.717) is 36.1 Å². The van der Waals surface area contributed by atoms with Gasteiger partial charge < -0.3 is 9.84 Å². The second-order valence-corrected chi connectivity index (χ2v) is 5.26. The summed E-state index contributed by atoms with van der Waals surface area (Å²) in [5.74, 6) is 0.663. The molecule has 0 radical (unpaired) electrons. The monoisotopic (exact) mass is 326 g/mol. The summed E-state index contributed by atoms with van der Waals surface area (Å²) in [6.45, 7) is 2.46. The van der Waals surface area contributed by atoms with Crippen LogP contribution in [0.25, 0.3) is 11.5 Å². The fourth-order valence-electron chi connectivity index (χ4n) is 2.20. The molecule has 0 saturated carbocycles. The van der Waals surface area contributed by atoms with Crippen LogP contribution in [-0.4, -0.2) is 37.8 Å². The van der Waals surface area contributed by atoms with Crippen LogP contribution in [-0.2, 0) is 12.8 Å². The van der Waals surface area contributed by atoms with Gasteiger partial charge in [-0.3, -0.25) is 14.9 Å². The van der Waals surface area contributed by atoms with Crippen molar-refractivity contribution in [3.63, 3.8) is 0 Å². The zero-order valence-corrected chi connectivity index (χ0v) is 13.3. The molecule has 0 aliphatic carbocycles. The Hall–Kier alpha value is -3.03. The molecular formula is C16H18N6O2. The molecule has 0 saturated heterocycles. The van der Waals surface area contributed by atoms with Gasteiger partial charge in [0.05, 0.1) is 0 Å². The van der Waals surface area contributed by atoms with Crippen LogP contribution in [0.3, 0.4) is 0 Å². The first kappa shape index (κ1) is 15.9. The molecule has 124 valence electrons. The molecular weight excluding hydrogens is 308 g/mol. The smallest absolute Gasteiger partial charge is 0.271 e. The van der Waals surface area contributed by atoms with Crippen molar-refractivity contribution in [2.75, 3.05) is 6.54 Å². The van der Waals surface area contributed by atoms with Crippen LogP contribution in [0, 0.1) is 0 Å². The van der Waals surface area contributed by atoms with Crippen molar-refractivity contribution in [2.45, 2.75) is 26.2 Å². The molecule has 0 bridgehead atoms. The summed E-state index contributed by atoms with van der Waals surface area (Å²) >= 11 is 0. The zero-order valence-electron chi connectivity index (χ0n) is 13.3. The van der Waals surface area contributed by atoms with Crippen molar-refractivity contribution >= 4 is 5.91 Å². The normalized spacial score (nSPS) is 10.7. The van der Waals surface area contributed by atoms with E-state index in [1.54, 1.807) is 12.3 Å². The summed E-state index contributed by atoms with van der Waals surface area (Å²) in [5.41, 5.74) is 1.99. The number of hydrogen-bond acceptors (Lipinski definition) is 6. The lowest BCUT2D eigenvalue weighted by atomic mass is 10.2. The minimum Gasteiger partial charge on any atom is -0.350 e. The van der Waals surface area contributed by atoms with Crippen molar-refractivity contribution in [3.8, 4) is 11.5 Å². The molecule has 24 heavy (non-hydrogen) atoms. The highest BCUT2D eigenvalue weighted by molar-refractivity contribution is 5.92. The van der Waals surface area contributed by atoms with Gasteiger partial charge in [0.25, 0.3) is 5.91 Å². The van der Waals surface area contributed by atoms with Gasteiger partial charge in [0, 0.05) is 24.9 Å². The van der Waals surface area contributed by atoms with E-state index >= 15 is 0 Å². The molecule has 1 amide bonds. The van der Waals surface area contributed by atoms with Crippen LogP contribution in [0.5, 0.6) is 0 Å². The molecule has 3 aromatic heterocycles. The van der Waals surface area contributed by atoms with Crippen molar-refractivity contribution in [1.29, 1.82) is 0 Å². The molecule has 8 heteroatoms. The Labute approximate surface area is 138 Å². The molecule has 3 heterocycles. The van der Waals surface area contributed by atoms with E-state index in [9.17, 15) is 4.79 Å². The van der Waals surface area contributed by atoms with Crippen molar-refractivity contribution in [1.82, 2.24) is 30.6 Å². The number of hydrogen-bond donors (Lipinski definition) is 2. The molecule has 0 aliphatic rings. The quantitative estimate of drug-likeness (QED) is 0.685. The predicted molar refractivity (Wildman–Crippen MR) is 86.1 cm³/mol. The van der Waals surface area contributed by atoms with Crippen LogP contribution >= 0.6 is 0 Å². The molecule has 0 aromatic carbocycles. The largest absolute Gasteiger partial charge is 0.350 e. The van der Waals surface area contributed by atoms with Gasteiger partial charge in [-0.15, -0.1) is 0 Å². The molecule has 2 N–H and O–H groups in total. The summed E-state index contributed by atoms with van der Waals surface area (Å²) < 4.78 is 5.17. The maximum Gasteiger partial charge on any atom is 0.271 e. The van der Waals surface area contributed by atoms with E-state index in [-0.39, 0.29) is 5.91 Å². The first-order chi connectivity index (χ1) is 11.8. The van der Waals surface area contributed by atoms with Gasteiger partial charge >= 0.3 is 0 Å². The Bertz CT molecular complexity index is 796. The fraction of sp³-hybridized carbons (Fsp3) is 0.312. The lowest BCUT2D eigenvalue weighted by molar-refractivity contribution is 0.0948. The van der Waals surface area contributed by atoms with Crippen LogP contribution < -0.4 is 5.32 Å². The highest BCUT2D eigenvalue weighted by atomic mass is 16.5. The average molecular weight is 326 g/mol. The average Bonchev–Trinajstić information content (AvgIpc) is 3.26. The SMILES string of the molecule is CCCc1cc(C(=O)NCCc2nc(-c3ccccn3)no2)n[nH]1. The topological polar surface area (TPSA) is 110 Å². The van der Waals surface area contributed by atoms with Gasteiger partial charge in [-0.2, -0.15) is 10.1 Å². The number of carbonyl (C=O) groups excluding carboxylic acids is 1. The van der Waals surface area contributed by atoms with Crippen LogP contribution in [0.15, 0.2) is 35.0 Å². The van der Waals surface area contributed by atoms with Gasteiger partial charge in [0.1, 0.15) is 11.4 Å². The van der Waals surface area contributed by atoms with Gasteiger partial charge in [0.2, 0.25) is 11.7 Å². The van der Waals surface area contributed by atoms with E-state index in [1.807, 2.05) is 18.2 Å². The molecule has 3 rings (SSSR count). The number of nitrogens with one attached hydrogen (secondary N) is 2. The molecule has 0 fully saturated rings. The summed E-state index contributed by atoms with van der Waals surface area (Å²) in [7, 11) is 0. The fourth-order valence-corrected chi connectivity index (χ4v) is 2.20. The Balaban J connectivity index is 1.51. The van der Waals surface area contributed by atoms with Crippen LogP contribution in [0.1, 0.15) is 35.4 Å². The number of pyridine rings is 1. The first-order valence-electron chi connectivity index (χ1n) is 7.82. The lowest BCUT2D eigenvalue weighted by Gasteiger charge is -1.99. The van der Waals surface area contributed by atoms with Gasteiger partial charge in [-0.1, -0.05) is 24.6 Å². The Morgan fingerprint density at radius 1 is 1.33 bits per heavy atom. The second-order valence-electron chi connectivity index (χ2n) is 5.26. The minimum atomic E-state index is -0.224. The number of aromatic amines is 1. The van der Waals surface area contributed by atoms with E-state index in [1.165, 1.54) is 0 Å². The zero-order chi connectivity index (χ0) is 16.8. The summed E-state index contributed by atoms with van der Waals surface area (Å²) in [6, 6.07) is 7.25. The number of aryl methyl sites for hydroxylation is 1. The van der Waals surface area contributed by atoms with Gasteiger partial charge in [-0.05, 0) is 24.6 Å². The number of amides is 1. The van der Waals surface area contributed by atoms with Crippen LogP contribution in [0.4, 0.5) is 0 Å². The Morgan fingerprint density at radius 2 is 2.25 bits per heavy atom.